The van der Waals surface area contributed by atoms with Gasteiger partial charge in [-0.3, -0.25) is 4.79 Å². The van der Waals surface area contributed by atoms with Gasteiger partial charge in [0, 0.05) is 26.6 Å². The summed E-state index contributed by atoms with van der Waals surface area (Å²) in [6, 6.07) is -0.0794. The first-order valence-electron chi connectivity index (χ1n) is 5.04. The number of carbonyl (C=O) groups is 1. The van der Waals surface area contributed by atoms with Crippen LogP contribution in [0.5, 0.6) is 0 Å². The second-order valence-electron chi connectivity index (χ2n) is 4.41. The quantitative estimate of drug-likeness (QED) is 0.545. The van der Waals surface area contributed by atoms with E-state index in [0.717, 1.165) is 0 Å². The maximum absolute atomic E-state index is 11.4. The maximum atomic E-state index is 11.4. The van der Waals surface area contributed by atoms with Gasteiger partial charge in [-0.2, -0.15) is 0 Å². The minimum absolute atomic E-state index is 0.0215. The smallest absolute Gasteiger partial charge is 0.223 e. The summed E-state index contributed by atoms with van der Waals surface area (Å²) in [5.74, 6) is 0.0215. The largest absolute Gasteiger partial charge is 0.394 e. The first kappa shape index (κ1) is 14.3. The van der Waals surface area contributed by atoms with Gasteiger partial charge >= 0.3 is 0 Å². The van der Waals surface area contributed by atoms with E-state index in [9.17, 15) is 4.79 Å². The first-order chi connectivity index (χ1) is 6.84. The van der Waals surface area contributed by atoms with Gasteiger partial charge in [0.1, 0.15) is 0 Å². The molecule has 0 saturated heterocycles. The highest BCUT2D eigenvalue weighted by Gasteiger charge is 2.25. The Morgan fingerprint density at radius 2 is 1.87 bits per heavy atom. The third kappa shape index (κ3) is 5.11. The SMILES string of the molecule is CC(CC(=O)N(C)C)NC(C)(CO)CO. The Kier molecular flexibility index (Phi) is 5.79. The van der Waals surface area contributed by atoms with Crippen molar-refractivity contribution in [3.05, 3.63) is 0 Å². The molecule has 0 aliphatic heterocycles. The number of aliphatic hydroxyl groups excluding tert-OH is 2. The molecular weight excluding hydrogens is 196 g/mol. The molecule has 0 bridgehead atoms. The van der Waals surface area contributed by atoms with E-state index in [-0.39, 0.29) is 25.2 Å². The standard InChI is InChI=1S/C10H22N2O3/c1-8(5-9(15)12(3)4)11-10(2,6-13)7-14/h8,11,13-14H,5-7H2,1-4H3. The molecule has 3 N–H and O–H groups in total. The third-order valence-corrected chi connectivity index (χ3v) is 2.27. The summed E-state index contributed by atoms with van der Waals surface area (Å²) in [5, 5.41) is 21.2. The van der Waals surface area contributed by atoms with E-state index in [2.05, 4.69) is 5.32 Å². The van der Waals surface area contributed by atoms with E-state index >= 15 is 0 Å². The van der Waals surface area contributed by atoms with Gasteiger partial charge < -0.3 is 20.4 Å². The van der Waals surface area contributed by atoms with E-state index in [1.807, 2.05) is 6.92 Å². The highest BCUT2D eigenvalue weighted by atomic mass is 16.3. The number of amides is 1. The van der Waals surface area contributed by atoms with Gasteiger partial charge in [0.15, 0.2) is 0 Å². The van der Waals surface area contributed by atoms with Crippen molar-refractivity contribution in [2.24, 2.45) is 0 Å². The van der Waals surface area contributed by atoms with Crippen molar-refractivity contribution < 1.29 is 15.0 Å². The zero-order valence-electron chi connectivity index (χ0n) is 9.95. The molecule has 0 aromatic carbocycles. The van der Waals surface area contributed by atoms with Crippen molar-refractivity contribution in [1.29, 1.82) is 0 Å². The molecule has 0 aromatic heterocycles. The maximum Gasteiger partial charge on any atom is 0.223 e. The fourth-order valence-corrected chi connectivity index (χ4v) is 1.23. The third-order valence-electron chi connectivity index (χ3n) is 2.27. The van der Waals surface area contributed by atoms with Crippen LogP contribution in [0.4, 0.5) is 0 Å². The van der Waals surface area contributed by atoms with Crippen molar-refractivity contribution >= 4 is 5.91 Å². The summed E-state index contributed by atoms with van der Waals surface area (Å²) in [6.07, 6.45) is 0.350. The molecule has 0 heterocycles. The molecule has 1 amide bonds. The zero-order chi connectivity index (χ0) is 12.1. The normalized spacial score (nSPS) is 13.7. The molecule has 0 aliphatic rings. The van der Waals surface area contributed by atoms with Crippen molar-refractivity contribution in [2.75, 3.05) is 27.3 Å². The van der Waals surface area contributed by atoms with Crippen LogP contribution in [-0.4, -0.2) is 59.9 Å². The van der Waals surface area contributed by atoms with E-state index in [1.165, 1.54) is 4.90 Å². The Labute approximate surface area is 91.1 Å². The second-order valence-corrected chi connectivity index (χ2v) is 4.41. The number of nitrogens with zero attached hydrogens (tertiary/aromatic N) is 1. The zero-order valence-corrected chi connectivity index (χ0v) is 9.95. The number of hydrogen-bond acceptors (Lipinski definition) is 4. The van der Waals surface area contributed by atoms with Gasteiger partial charge in [-0.1, -0.05) is 0 Å². The Hall–Kier alpha value is -0.650. The van der Waals surface area contributed by atoms with Gasteiger partial charge in [0.25, 0.3) is 0 Å². The van der Waals surface area contributed by atoms with Gasteiger partial charge in [-0.25, -0.2) is 0 Å². The number of hydrogen-bond donors (Lipinski definition) is 3. The predicted molar refractivity (Wildman–Crippen MR) is 58.5 cm³/mol. The summed E-state index contributed by atoms with van der Waals surface area (Å²) >= 11 is 0. The van der Waals surface area contributed by atoms with Gasteiger partial charge in [-0.15, -0.1) is 0 Å². The van der Waals surface area contributed by atoms with Crippen LogP contribution in [0, 0.1) is 0 Å². The number of nitrogens with one attached hydrogen (secondary N) is 1. The summed E-state index contributed by atoms with van der Waals surface area (Å²) in [6.45, 7) is 3.24. The highest BCUT2D eigenvalue weighted by Crippen LogP contribution is 2.05. The lowest BCUT2D eigenvalue weighted by Crippen LogP contribution is -2.53. The molecule has 0 aromatic rings. The summed E-state index contributed by atoms with van der Waals surface area (Å²) in [4.78, 5) is 12.9. The van der Waals surface area contributed by atoms with E-state index in [1.54, 1.807) is 21.0 Å². The summed E-state index contributed by atoms with van der Waals surface area (Å²) < 4.78 is 0. The molecule has 0 spiro atoms. The Balaban J connectivity index is 4.13. The molecule has 1 unspecified atom stereocenters. The van der Waals surface area contributed by atoms with Gasteiger partial charge in [0.05, 0.1) is 18.8 Å². The van der Waals surface area contributed by atoms with Crippen molar-refractivity contribution in [3.63, 3.8) is 0 Å². The van der Waals surface area contributed by atoms with E-state index in [0.29, 0.717) is 6.42 Å². The molecule has 1 atom stereocenters. The molecule has 0 radical (unpaired) electrons. The molecule has 5 nitrogen and oxygen atoms in total. The number of aliphatic hydroxyl groups is 2. The lowest BCUT2D eigenvalue weighted by molar-refractivity contribution is -0.129. The van der Waals surface area contributed by atoms with Crippen LogP contribution in [0.2, 0.25) is 0 Å². The van der Waals surface area contributed by atoms with Crippen LogP contribution < -0.4 is 5.32 Å². The molecule has 0 aliphatic carbocycles. The lowest BCUT2D eigenvalue weighted by atomic mass is 10.0. The summed E-state index contributed by atoms with van der Waals surface area (Å²) in [5.41, 5.74) is -0.730. The highest BCUT2D eigenvalue weighted by molar-refractivity contribution is 5.76. The molecular formula is C10H22N2O3. The van der Waals surface area contributed by atoms with Crippen LogP contribution in [-0.2, 0) is 4.79 Å². The molecule has 15 heavy (non-hydrogen) atoms. The Morgan fingerprint density at radius 1 is 1.40 bits per heavy atom. The van der Waals surface area contributed by atoms with Crippen molar-refractivity contribution in [3.8, 4) is 0 Å². The van der Waals surface area contributed by atoms with Crippen LogP contribution >= 0.6 is 0 Å². The minimum Gasteiger partial charge on any atom is -0.394 e. The molecule has 0 saturated carbocycles. The molecule has 90 valence electrons. The number of carbonyl (C=O) groups excluding carboxylic acids is 1. The Bertz CT molecular complexity index is 203. The predicted octanol–water partition coefficient (Wildman–Crippen LogP) is -0.814. The average molecular weight is 218 g/mol. The first-order valence-corrected chi connectivity index (χ1v) is 5.04. The molecule has 5 heteroatoms. The van der Waals surface area contributed by atoms with Crippen molar-refractivity contribution in [2.45, 2.75) is 31.8 Å². The summed E-state index contributed by atoms with van der Waals surface area (Å²) in [7, 11) is 3.40. The van der Waals surface area contributed by atoms with Crippen LogP contribution in [0.3, 0.4) is 0 Å². The average Bonchev–Trinajstić information content (AvgIpc) is 2.17. The van der Waals surface area contributed by atoms with Crippen LogP contribution in [0.25, 0.3) is 0 Å². The fourth-order valence-electron chi connectivity index (χ4n) is 1.23. The molecule has 0 fully saturated rings. The molecule has 0 rings (SSSR count). The lowest BCUT2D eigenvalue weighted by Gasteiger charge is -2.30. The van der Waals surface area contributed by atoms with E-state index in [4.69, 9.17) is 10.2 Å². The van der Waals surface area contributed by atoms with Crippen LogP contribution in [0.1, 0.15) is 20.3 Å². The Morgan fingerprint density at radius 3 is 2.20 bits per heavy atom. The van der Waals surface area contributed by atoms with Gasteiger partial charge in [0.2, 0.25) is 5.91 Å². The number of rotatable bonds is 6. The van der Waals surface area contributed by atoms with E-state index < -0.39 is 5.54 Å². The minimum atomic E-state index is -0.730. The fraction of sp³-hybridized carbons (Fsp3) is 0.900. The second kappa shape index (κ2) is 6.05. The van der Waals surface area contributed by atoms with Crippen molar-refractivity contribution in [1.82, 2.24) is 10.2 Å². The van der Waals surface area contributed by atoms with Gasteiger partial charge in [-0.05, 0) is 13.8 Å². The topological polar surface area (TPSA) is 72.8 Å². The van der Waals surface area contributed by atoms with Crippen LogP contribution in [0.15, 0.2) is 0 Å². The monoisotopic (exact) mass is 218 g/mol.